The molecule has 1 aromatic heterocycles. The number of carbonyl (C=O) groups is 1. The second-order valence-corrected chi connectivity index (χ2v) is 4.52. The van der Waals surface area contributed by atoms with Crippen molar-refractivity contribution in [3.8, 4) is 0 Å². The normalized spacial score (nSPS) is 14.3. The molecule has 0 atom stereocenters. The molecule has 0 bridgehead atoms. The highest BCUT2D eigenvalue weighted by molar-refractivity contribution is 5.93. The molecule has 104 valence electrons. The molecule has 0 aromatic carbocycles. The van der Waals surface area contributed by atoms with Gasteiger partial charge in [-0.05, 0) is 30.9 Å². The van der Waals surface area contributed by atoms with Crippen LogP contribution in [0.2, 0.25) is 0 Å². The number of anilines is 1. The van der Waals surface area contributed by atoms with E-state index in [1.165, 1.54) is 6.07 Å². The zero-order chi connectivity index (χ0) is 14.0. The summed E-state index contributed by atoms with van der Waals surface area (Å²) in [6, 6.07) is 1.48. The van der Waals surface area contributed by atoms with Crippen molar-refractivity contribution in [2.45, 2.75) is 25.2 Å². The van der Waals surface area contributed by atoms with Crippen LogP contribution in [0.15, 0.2) is 6.07 Å². The van der Waals surface area contributed by atoms with Crippen LogP contribution in [0, 0.1) is 0 Å². The quantitative estimate of drug-likeness (QED) is 0.752. The van der Waals surface area contributed by atoms with Gasteiger partial charge in [0.15, 0.2) is 0 Å². The molecule has 0 radical (unpaired) electrons. The number of halogens is 2. The van der Waals surface area contributed by atoms with Crippen molar-refractivity contribution >= 4 is 11.8 Å². The molecular formula is C12H14F2N2O3. The lowest BCUT2D eigenvalue weighted by Gasteiger charge is -2.16. The summed E-state index contributed by atoms with van der Waals surface area (Å²) in [5.74, 6) is -4.59. The van der Waals surface area contributed by atoms with Gasteiger partial charge < -0.3 is 15.5 Å². The van der Waals surface area contributed by atoms with Crippen LogP contribution in [-0.4, -0.2) is 40.2 Å². The van der Waals surface area contributed by atoms with Crippen LogP contribution in [0.5, 0.6) is 0 Å². The van der Waals surface area contributed by atoms with E-state index in [0.29, 0.717) is 0 Å². The number of rotatable bonds is 5. The predicted molar refractivity (Wildman–Crippen MR) is 63.7 cm³/mol. The monoisotopic (exact) mass is 272 g/mol. The van der Waals surface area contributed by atoms with E-state index in [2.05, 4.69) is 10.3 Å². The number of alkyl halides is 2. The lowest BCUT2D eigenvalue weighted by atomic mass is 10.1. The molecule has 3 N–H and O–H groups in total. The minimum absolute atomic E-state index is 0.0683. The second-order valence-electron chi connectivity index (χ2n) is 4.52. The third-order valence-electron chi connectivity index (χ3n) is 3.03. The fourth-order valence-electron chi connectivity index (χ4n) is 2.04. The van der Waals surface area contributed by atoms with Gasteiger partial charge in [0, 0.05) is 5.69 Å². The number of aryl methyl sites for hydroxylation is 2. The van der Waals surface area contributed by atoms with Gasteiger partial charge in [-0.1, -0.05) is 0 Å². The highest BCUT2D eigenvalue weighted by Crippen LogP contribution is 2.26. The zero-order valence-corrected chi connectivity index (χ0v) is 10.1. The van der Waals surface area contributed by atoms with Crippen LogP contribution in [0.25, 0.3) is 0 Å². The summed E-state index contributed by atoms with van der Waals surface area (Å²) in [7, 11) is 0. The number of hydrogen-bond acceptors (Lipinski definition) is 4. The van der Waals surface area contributed by atoms with Crippen molar-refractivity contribution in [2.24, 2.45) is 0 Å². The summed E-state index contributed by atoms with van der Waals surface area (Å²) in [6.45, 7) is -2.15. The van der Waals surface area contributed by atoms with E-state index in [9.17, 15) is 13.6 Å². The summed E-state index contributed by atoms with van der Waals surface area (Å²) in [5.41, 5.74) is 1.49. The average molecular weight is 272 g/mol. The van der Waals surface area contributed by atoms with Crippen LogP contribution in [0.1, 0.15) is 28.0 Å². The van der Waals surface area contributed by atoms with Gasteiger partial charge in [0.1, 0.15) is 18.0 Å². The predicted octanol–water partition coefficient (Wildman–Crippen LogP) is 1.31. The Hall–Kier alpha value is -1.76. The van der Waals surface area contributed by atoms with Crippen molar-refractivity contribution in [1.82, 2.24) is 4.98 Å². The van der Waals surface area contributed by atoms with Crippen LogP contribution in [0.4, 0.5) is 14.6 Å². The number of aliphatic hydroxyl groups is 1. The summed E-state index contributed by atoms with van der Waals surface area (Å²) >= 11 is 0. The largest absolute Gasteiger partial charge is 0.478 e. The van der Waals surface area contributed by atoms with Gasteiger partial charge in [-0.2, -0.15) is 0 Å². The third kappa shape index (κ3) is 2.98. The van der Waals surface area contributed by atoms with Crippen LogP contribution < -0.4 is 5.32 Å². The number of aromatic nitrogens is 1. The molecular weight excluding hydrogens is 258 g/mol. The highest BCUT2D eigenvalue weighted by Gasteiger charge is 2.29. The maximum Gasteiger partial charge on any atom is 0.339 e. The Balaban J connectivity index is 2.26. The fraction of sp³-hybridized carbons (Fsp3) is 0.500. The number of carboxylic acids is 1. The molecule has 0 spiro atoms. The summed E-state index contributed by atoms with van der Waals surface area (Å²) < 4.78 is 25.9. The molecule has 1 aliphatic carbocycles. The molecule has 7 heteroatoms. The number of aliphatic hydroxyl groups excluding tert-OH is 1. The van der Waals surface area contributed by atoms with Gasteiger partial charge in [0.05, 0.1) is 6.54 Å². The number of aromatic carboxylic acids is 1. The highest BCUT2D eigenvalue weighted by atomic mass is 19.3. The zero-order valence-electron chi connectivity index (χ0n) is 10.1. The van der Waals surface area contributed by atoms with Gasteiger partial charge in [-0.25, -0.2) is 18.6 Å². The van der Waals surface area contributed by atoms with Gasteiger partial charge >= 0.3 is 5.97 Å². The first kappa shape index (κ1) is 13.7. The topological polar surface area (TPSA) is 82.5 Å². The van der Waals surface area contributed by atoms with Gasteiger partial charge in [-0.15, -0.1) is 0 Å². The Labute approximate surface area is 108 Å². The number of pyridine rings is 1. The maximum atomic E-state index is 13.0. The van der Waals surface area contributed by atoms with Crippen molar-refractivity contribution in [2.75, 3.05) is 18.5 Å². The Bertz CT molecular complexity index is 506. The van der Waals surface area contributed by atoms with E-state index in [0.717, 1.165) is 30.5 Å². The fourth-order valence-corrected chi connectivity index (χ4v) is 2.04. The molecule has 0 unspecified atom stereocenters. The molecule has 0 fully saturated rings. The van der Waals surface area contributed by atoms with Gasteiger partial charge in [0.25, 0.3) is 5.92 Å². The third-order valence-corrected chi connectivity index (χ3v) is 3.03. The molecule has 19 heavy (non-hydrogen) atoms. The van der Waals surface area contributed by atoms with Crippen molar-refractivity contribution < 1.29 is 23.8 Å². The van der Waals surface area contributed by atoms with Crippen LogP contribution in [0.3, 0.4) is 0 Å². The Kier molecular flexibility index (Phi) is 3.66. The SMILES string of the molecule is O=C(O)c1cc2c(nc1NCC(F)(F)CO)CCC2. The molecule has 1 heterocycles. The molecule has 0 amide bonds. The van der Waals surface area contributed by atoms with Crippen molar-refractivity contribution in [3.05, 3.63) is 22.9 Å². The van der Waals surface area contributed by atoms with E-state index < -0.39 is 25.0 Å². The molecule has 5 nitrogen and oxygen atoms in total. The molecule has 2 rings (SSSR count). The van der Waals surface area contributed by atoms with Gasteiger partial charge in [0.2, 0.25) is 0 Å². The number of nitrogens with zero attached hydrogens (tertiary/aromatic N) is 1. The second kappa shape index (κ2) is 5.08. The van der Waals surface area contributed by atoms with Gasteiger partial charge in [-0.3, -0.25) is 0 Å². The smallest absolute Gasteiger partial charge is 0.339 e. The van der Waals surface area contributed by atoms with Crippen LogP contribution in [-0.2, 0) is 12.8 Å². The number of fused-ring (bicyclic) bond motifs is 1. The average Bonchev–Trinajstić information content (AvgIpc) is 2.82. The minimum Gasteiger partial charge on any atom is -0.478 e. The van der Waals surface area contributed by atoms with Crippen molar-refractivity contribution in [1.29, 1.82) is 0 Å². The van der Waals surface area contributed by atoms with E-state index >= 15 is 0 Å². The lowest BCUT2D eigenvalue weighted by Crippen LogP contribution is -2.31. The summed E-state index contributed by atoms with van der Waals surface area (Å²) in [4.78, 5) is 15.2. The first-order valence-electron chi connectivity index (χ1n) is 5.91. The lowest BCUT2D eigenvalue weighted by molar-refractivity contribution is -0.0373. The summed E-state index contributed by atoms with van der Waals surface area (Å²) in [5, 5.41) is 19.9. The first-order chi connectivity index (χ1) is 8.93. The van der Waals surface area contributed by atoms with E-state index in [4.69, 9.17) is 10.2 Å². The minimum atomic E-state index is -3.31. The van der Waals surface area contributed by atoms with E-state index in [1.54, 1.807) is 0 Å². The molecule has 0 saturated carbocycles. The Morgan fingerprint density at radius 2 is 2.21 bits per heavy atom. The molecule has 1 aliphatic rings. The van der Waals surface area contributed by atoms with Crippen LogP contribution >= 0.6 is 0 Å². The standard InChI is InChI=1S/C12H14F2N2O3/c13-12(14,6-17)5-15-10-8(11(18)19)4-7-2-1-3-9(7)16-10/h4,17H,1-3,5-6H2,(H,15,16)(H,18,19). The number of hydrogen-bond donors (Lipinski definition) is 3. The number of carboxylic acid groups (broad SMARTS) is 1. The van der Waals surface area contributed by atoms with Crippen molar-refractivity contribution in [3.63, 3.8) is 0 Å². The summed E-state index contributed by atoms with van der Waals surface area (Å²) in [6.07, 6.45) is 2.37. The first-order valence-corrected chi connectivity index (χ1v) is 5.91. The maximum absolute atomic E-state index is 13.0. The molecule has 0 saturated heterocycles. The Morgan fingerprint density at radius 1 is 1.47 bits per heavy atom. The number of nitrogens with one attached hydrogen (secondary N) is 1. The van der Waals surface area contributed by atoms with E-state index in [1.807, 2.05) is 0 Å². The molecule has 0 aliphatic heterocycles. The molecule has 1 aromatic rings. The van der Waals surface area contributed by atoms with E-state index in [-0.39, 0.29) is 11.4 Å². The Morgan fingerprint density at radius 3 is 2.84 bits per heavy atom.